The molecule has 1 fully saturated rings. The molecule has 0 spiro atoms. The van der Waals surface area contributed by atoms with Gasteiger partial charge in [0.1, 0.15) is 17.5 Å². The molecule has 14 heteroatoms. The molecule has 0 saturated carbocycles. The molecule has 2 aromatic rings. The Morgan fingerprint density at radius 2 is 1.86 bits per heavy atom. The van der Waals surface area contributed by atoms with E-state index in [-0.39, 0.29) is 21.9 Å². The smallest absolute Gasteiger partial charge is 0.422 e. The molecule has 1 N–H and O–H groups in total. The molecule has 1 aromatic carbocycles. The summed E-state index contributed by atoms with van der Waals surface area (Å²) in [6.07, 6.45) is -4.99. The Morgan fingerprint density at radius 3 is 2.36 bits per heavy atom. The van der Waals surface area contributed by atoms with Crippen LogP contribution in [0.1, 0.15) is 43.4 Å². The van der Waals surface area contributed by atoms with E-state index in [9.17, 15) is 36.3 Å². The first kappa shape index (κ1) is 27.8. The van der Waals surface area contributed by atoms with Crippen LogP contribution in [0, 0.1) is 0 Å². The van der Waals surface area contributed by atoms with Gasteiger partial charge in [-0.1, -0.05) is 32.4 Å². The van der Waals surface area contributed by atoms with Crippen molar-refractivity contribution in [3.63, 3.8) is 0 Å². The molecule has 2 heterocycles. The molecule has 1 saturated heterocycles. The van der Waals surface area contributed by atoms with Gasteiger partial charge in [-0.05, 0) is 24.6 Å². The number of aryl methyl sites for hydroxylation is 1. The van der Waals surface area contributed by atoms with Gasteiger partial charge in [-0.25, -0.2) is 13.2 Å². The molecule has 3 rings (SSSR count). The van der Waals surface area contributed by atoms with Crippen molar-refractivity contribution < 1.29 is 41.0 Å². The number of sulfone groups is 1. The van der Waals surface area contributed by atoms with Crippen LogP contribution in [-0.2, 0) is 27.1 Å². The van der Waals surface area contributed by atoms with Gasteiger partial charge in [0.15, 0.2) is 16.4 Å². The molecule has 2 atom stereocenters. The highest BCUT2D eigenvalue weighted by molar-refractivity contribution is 7.92. The minimum Gasteiger partial charge on any atom is -0.484 e. The summed E-state index contributed by atoms with van der Waals surface area (Å²) < 4.78 is 69.7. The number of nitrogens with zero attached hydrogens (tertiary/aromatic N) is 3. The molecule has 198 valence electrons. The number of ether oxygens (including phenoxy) is 1. The Hall–Kier alpha value is -2.80. The molecular weight excluding hydrogens is 527 g/mol. The number of aliphatic carboxylic acids is 1. The third kappa shape index (κ3) is 5.77. The highest BCUT2D eigenvalue weighted by atomic mass is 35.5. The number of likely N-dealkylation sites (tertiary alicyclic amines) is 1. The fourth-order valence-corrected chi connectivity index (χ4v) is 6.04. The summed E-state index contributed by atoms with van der Waals surface area (Å²) in [4.78, 5) is 25.8. The first-order valence-corrected chi connectivity index (χ1v) is 12.7. The summed E-state index contributed by atoms with van der Waals surface area (Å²) in [6.45, 7) is 3.68. The molecule has 1 aliphatic heterocycles. The van der Waals surface area contributed by atoms with Crippen LogP contribution >= 0.6 is 11.6 Å². The molecule has 1 amide bonds. The zero-order valence-corrected chi connectivity index (χ0v) is 21.4. The minimum atomic E-state index is -4.59. The van der Waals surface area contributed by atoms with E-state index in [1.807, 2.05) is 20.8 Å². The topological polar surface area (TPSA) is 119 Å². The average Bonchev–Trinajstić information content (AvgIpc) is 3.36. The van der Waals surface area contributed by atoms with Crippen molar-refractivity contribution in [3.8, 4) is 5.75 Å². The molecule has 9 nitrogen and oxygen atoms in total. The first-order chi connectivity index (χ1) is 16.4. The van der Waals surface area contributed by atoms with Crippen molar-refractivity contribution in [2.75, 3.05) is 13.2 Å². The fourth-order valence-electron chi connectivity index (χ4n) is 3.81. The Kier molecular flexibility index (Phi) is 7.39. The number of halogens is 4. The maximum absolute atomic E-state index is 13.3. The zero-order chi connectivity index (χ0) is 27.2. The molecule has 0 radical (unpaired) electrons. The van der Waals surface area contributed by atoms with Gasteiger partial charge in [0.25, 0.3) is 5.91 Å². The van der Waals surface area contributed by atoms with Gasteiger partial charge in [-0.2, -0.15) is 18.3 Å². The number of rotatable bonds is 6. The summed E-state index contributed by atoms with van der Waals surface area (Å²) in [6, 6.07) is 3.09. The van der Waals surface area contributed by atoms with Crippen LogP contribution in [0.3, 0.4) is 0 Å². The molecule has 1 aromatic heterocycles. The van der Waals surface area contributed by atoms with Gasteiger partial charge in [0.05, 0.1) is 20.9 Å². The maximum atomic E-state index is 13.3. The van der Waals surface area contributed by atoms with Crippen LogP contribution in [-0.4, -0.2) is 70.7 Å². The Labute approximate surface area is 210 Å². The Balaban J connectivity index is 1.89. The normalized spacial score (nSPS) is 18.9. The second-order valence-corrected chi connectivity index (χ2v) is 12.1. The van der Waals surface area contributed by atoms with Crippen molar-refractivity contribution in [1.29, 1.82) is 0 Å². The summed E-state index contributed by atoms with van der Waals surface area (Å²) in [7, 11) is -2.73. The van der Waals surface area contributed by atoms with Crippen LogP contribution in [0.2, 0.25) is 5.02 Å². The van der Waals surface area contributed by atoms with Crippen molar-refractivity contribution in [2.24, 2.45) is 7.05 Å². The van der Waals surface area contributed by atoms with Crippen molar-refractivity contribution in [1.82, 2.24) is 14.7 Å². The van der Waals surface area contributed by atoms with Gasteiger partial charge in [0, 0.05) is 25.1 Å². The van der Waals surface area contributed by atoms with Gasteiger partial charge in [-0.3, -0.25) is 9.48 Å². The van der Waals surface area contributed by atoms with Crippen LogP contribution < -0.4 is 4.74 Å². The lowest BCUT2D eigenvalue weighted by atomic mass is 9.92. The zero-order valence-electron chi connectivity index (χ0n) is 19.8. The predicted molar refractivity (Wildman–Crippen MR) is 123 cm³/mol. The third-order valence-electron chi connectivity index (χ3n) is 5.73. The van der Waals surface area contributed by atoms with Crippen LogP contribution in [0.25, 0.3) is 0 Å². The lowest BCUT2D eigenvalue weighted by Crippen LogP contribution is -2.41. The molecule has 0 bridgehead atoms. The van der Waals surface area contributed by atoms with Crippen LogP contribution in [0.15, 0.2) is 29.2 Å². The van der Waals surface area contributed by atoms with Gasteiger partial charge in [0.2, 0.25) is 0 Å². The lowest BCUT2D eigenvalue weighted by Gasteiger charge is -2.21. The quantitative estimate of drug-likeness (QED) is 0.584. The second-order valence-electron chi connectivity index (χ2n) is 9.50. The minimum absolute atomic E-state index is 0.105. The number of aromatic nitrogens is 2. The number of carbonyl (C=O) groups excluding carboxylic acids is 1. The summed E-state index contributed by atoms with van der Waals surface area (Å²) in [5.41, 5.74) is 0.322. The van der Waals surface area contributed by atoms with Gasteiger partial charge >= 0.3 is 12.1 Å². The third-order valence-corrected chi connectivity index (χ3v) is 8.34. The predicted octanol–water partition coefficient (Wildman–Crippen LogP) is 3.45. The fraction of sp³-hybridized carbons (Fsp3) is 0.500. The standard InChI is InChI=1S/C22H25ClF3N3O6S/c1-21(2,3)18-9-15(28(4)27-18)19(30)29-10-13(8-16(29)20(31)32)36(33,34)17-6-5-12(7-14(17)23)35-11-22(24,25)26/h5-7,9,13,16H,8,10-11H2,1-4H3,(H,31,32). The number of carbonyl (C=O) groups is 2. The lowest BCUT2D eigenvalue weighted by molar-refractivity contribution is -0.153. The van der Waals surface area contributed by atoms with Gasteiger partial charge < -0.3 is 14.7 Å². The van der Waals surface area contributed by atoms with Crippen molar-refractivity contribution >= 4 is 33.3 Å². The van der Waals surface area contributed by atoms with Crippen molar-refractivity contribution in [2.45, 2.75) is 55.0 Å². The number of carboxylic acids is 1. The van der Waals surface area contributed by atoms with E-state index in [2.05, 4.69) is 9.84 Å². The molecular formula is C22H25ClF3N3O6S. The number of amides is 1. The van der Waals surface area contributed by atoms with Crippen LogP contribution in [0.4, 0.5) is 13.2 Å². The maximum Gasteiger partial charge on any atom is 0.422 e. The largest absolute Gasteiger partial charge is 0.484 e. The Bertz CT molecular complexity index is 1290. The van der Waals surface area contributed by atoms with Crippen molar-refractivity contribution in [3.05, 3.63) is 40.7 Å². The van der Waals surface area contributed by atoms with E-state index in [1.54, 1.807) is 6.07 Å². The molecule has 36 heavy (non-hydrogen) atoms. The number of hydrogen-bond acceptors (Lipinski definition) is 6. The van der Waals surface area contributed by atoms with Crippen LogP contribution in [0.5, 0.6) is 5.75 Å². The Morgan fingerprint density at radius 1 is 1.22 bits per heavy atom. The molecule has 0 aliphatic carbocycles. The van der Waals surface area contributed by atoms with E-state index in [1.165, 1.54) is 11.7 Å². The summed E-state index contributed by atoms with van der Waals surface area (Å²) in [5.74, 6) is -2.34. The van der Waals surface area contributed by atoms with E-state index >= 15 is 0 Å². The SMILES string of the molecule is Cn1nc(C(C)(C)C)cc1C(=O)N1CC(S(=O)(=O)c2ccc(OCC(F)(F)F)cc2Cl)CC1C(=O)O. The van der Waals surface area contributed by atoms with E-state index in [0.29, 0.717) is 5.69 Å². The highest BCUT2D eigenvalue weighted by Crippen LogP contribution is 2.35. The summed E-state index contributed by atoms with van der Waals surface area (Å²) in [5, 5.41) is 12.3. The average molecular weight is 552 g/mol. The van der Waals surface area contributed by atoms with Gasteiger partial charge in [-0.15, -0.1) is 0 Å². The number of carboxylic acid groups (broad SMARTS) is 1. The van der Waals surface area contributed by atoms with E-state index < -0.39 is 63.6 Å². The number of benzene rings is 1. The molecule has 1 aliphatic rings. The van der Waals surface area contributed by atoms with E-state index in [0.717, 1.165) is 23.1 Å². The first-order valence-electron chi connectivity index (χ1n) is 10.7. The highest BCUT2D eigenvalue weighted by Gasteiger charge is 2.46. The monoisotopic (exact) mass is 551 g/mol. The number of hydrogen-bond donors (Lipinski definition) is 1. The van der Waals surface area contributed by atoms with E-state index in [4.69, 9.17) is 11.6 Å². The number of alkyl halides is 3. The molecule has 2 unspecified atom stereocenters. The summed E-state index contributed by atoms with van der Waals surface area (Å²) >= 11 is 6.05. The second kappa shape index (κ2) is 9.58.